The highest BCUT2D eigenvalue weighted by atomic mass is 35.5. The molecule has 4 rings (SSSR count). The smallest absolute Gasteiger partial charge is 0.308 e. The number of anilines is 1. The van der Waals surface area contributed by atoms with Crippen LogP contribution in [0.5, 0.6) is 5.75 Å². The second-order valence-electron chi connectivity index (χ2n) is 10.8. The van der Waals surface area contributed by atoms with Gasteiger partial charge in [-0.25, -0.2) is 4.39 Å². The number of carboxylic acid groups (broad SMARTS) is 1. The summed E-state index contributed by atoms with van der Waals surface area (Å²) in [6.07, 6.45) is 8.47. The van der Waals surface area contributed by atoms with Crippen molar-refractivity contribution in [3.8, 4) is 5.75 Å². The van der Waals surface area contributed by atoms with Crippen LogP contribution in [0.4, 0.5) is 10.1 Å². The SMILES string of the molecule is CC1C[C@@H]2C[C@H](C1)CC(C)(COc1cc(F)c(N(C)[C@@H]3CCC[C@H]3C(=O)O)cc1Cl)C2. The number of hydrogen-bond acceptors (Lipinski definition) is 3. The van der Waals surface area contributed by atoms with E-state index in [2.05, 4.69) is 13.8 Å². The summed E-state index contributed by atoms with van der Waals surface area (Å²) in [6.45, 7) is 5.21. The first-order valence-corrected chi connectivity index (χ1v) is 12.1. The Hall–Kier alpha value is -1.49. The number of halogens is 2. The largest absolute Gasteiger partial charge is 0.491 e. The van der Waals surface area contributed by atoms with Crippen LogP contribution in [0.2, 0.25) is 5.02 Å². The average Bonchev–Trinajstić information content (AvgIpc) is 3.17. The fourth-order valence-electron chi connectivity index (χ4n) is 6.85. The number of fused-ring (bicyclic) bond motifs is 2. The van der Waals surface area contributed by atoms with Crippen molar-refractivity contribution in [3.63, 3.8) is 0 Å². The zero-order valence-corrected chi connectivity index (χ0v) is 19.6. The molecule has 0 aromatic heterocycles. The number of carbonyl (C=O) groups is 1. The van der Waals surface area contributed by atoms with E-state index in [1.54, 1.807) is 18.0 Å². The van der Waals surface area contributed by atoms with Crippen LogP contribution >= 0.6 is 11.6 Å². The van der Waals surface area contributed by atoms with Gasteiger partial charge in [-0.3, -0.25) is 4.79 Å². The van der Waals surface area contributed by atoms with Gasteiger partial charge in [0, 0.05) is 24.6 Å². The molecule has 4 nitrogen and oxygen atoms in total. The standard InChI is InChI=1S/C25H35ClFNO3/c1-15-7-16-9-17(8-15)13-25(2,12-16)14-31-23-11-20(27)22(10-19(23)26)28(3)21-6-4-5-18(21)24(29)30/h10-11,15-18,21H,4-9,12-14H2,1-3H3,(H,29,30)/t15?,16-,17+,18-,21-,25?/m1/s1. The van der Waals surface area contributed by atoms with Crippen molar-refractivity contribution >= 4 is 23.3 Å². The lowest BCUT2D eigenvalue weighted by Crippen LogP contribution is -2.39. The Kier molecular flexibility index (Phi) is 6.44. The topological polar surface area (TPSA) is 49.8 Å². The molecular formula is C25H35ClFNO3. The molecule has 3 saturated carbocycles. The lowest BCUT2D eigenvalue weighted by atomic mass is 9.60. The van der Waals surface area contributed by atoms with E-state index in [1.807, 2.05) is 0 Å². The van der Waals surface area contributed by atoms with Crippen molar-refractivity contribution in [2.45, 2.75) is 71.3 Å². The molecule has 2 bridgehead atoms. The average molecular weight is 452 g/mol. The summed E-state index contributed by atoms with van der Waals surface area (Å²) in [5, 5.41) is 9.85. The summed E-state index contributed by atoms with van der Waals surface area (Å²) in [5.41, 5.74) is 0.435. The number of aliphatic carboxylic acids is 1. The molecule has 6 heteroatoms. The third-order valence-corrected chi connectivity index (χ3v) is 8.25. The van der Waals surface area contributed by atoms with E-state index in [1.165, 1.54) is 25.3 Å². The number of nitrogens with zero attached hydrogens (tertiary/aromatic N) is 1. The highest BCUT2D eigenvalue weighted by Crippen LogP contribution is 2.50. The van der Waals surface area contributed by atoms with Gasteiger partial charge in [0.15, 0.2) is 0 Å². The van der Waals surface area contributed by atoms with E-state index >= 15 is 4.39 Å². The number of carboxylic acids is 1. The summed E-state index contributed by atoms with van der Waals surface area (Å²) in [5.74, 6) is 1.03. The molecule has 0 amide bonds. The van der Waals surface area contributed by atoms with E-state index in [0.717, 1.165) is 43.4 Å². The molecule has 2 unspecified atom stereocenters. The second-order valence-corrected chi connectivity index (χ2v) is 11.2. The van der Waals surface area contributed by atoms with Gasteiger partial charge >= 0.3 is 5.97 Å². The third kappa shape index (κ3) is 4.81. The molecule has 1 N–H and O–H groups in total. The molecule has 0 heterocycles. The van der Waals surface area contributed by atoms with Gasteiger partial charge < -0.3 is 14.7 Å². The normalized spacial score (nSPS) is 35.1. The predicted molar refractivity (Wildman–Crippen MR) is 121 cm³/mol. The van der Waals surface area contributed by atoms with E-state index < -0.39 is 17.7 Å². The molecule has 1 aromatic rings. The van der Waals surface area contributed by atoms with Gasteiger partial charge in [-0.05, 0) is 68.8 Å². The van der Waals surface area contributed by atoms with Crippen molar-refractivity contribution in [2.24, 2.45) is 29.1 Å². The van der Waals surface area contributed by atoms with Gasteiger partial charge in [0.25, 0.3) is 0 Å². The zero-order valence-electron chi connectivity index (χ0n) is 18.9. The third-order valence-electron chi connectivity index (χ3n) is 7.95. The first-order valence-electron chi connectivity index (χ1n) is 11.7. The van der Waals surface area contributed by atoms with Crippen molar-refractivity contribution < 1.29 is 19.0 Å². The fourth-order valence-corrected chi connectivity index (χ4v) is 7.06. The van der Waals surface area contributed by atoms with Crippen LogP contribution < -0.4 is 9.64 Å². The Bertz CT molecular complexity index is 813. The summed E-state index contributed by atoms with van der Waals surface area (Å²) in [4.78, 5) is 13.3. The van der Waals surface area contributed by atoms with Crippen molar-refractivity contribution in [3.05, 3.63) is 23.0 Å². The van der Waals surface area contributed by atoms with Crippen LogP contribution in [-0.4, -0.2) is 30.8 Å². The predicted octanol–water partition coefficient (Wildman–Crippen LogP) is 6.40. The molecule has 0 spiro atoms. The highest BCUT2D eigenvalue weighted by molar-refractivity contribution is 6.32. The van der Waals surface area contributed by atoms with Crippen LogP contribution in [-0.2, 0) is 4.79 Å². The second kappa shape index (κ2) is 8.80. The molecule has 172 valence electrons. The highest BCUT2D eigenvalue weighted by Gasteiger charge is 2.41. The Morgan fingerprint density at radius 1 is 1.26 bits per heavy atom. The van der Waals surface area contributed by atoms with Crippen LogP contribution in [0, 0.1) is 34.9 Å². The van der Waals surface area contributed by atoms with Gasteiger partial charge in [-0.1, -0.05) is 31.9 Å². The van der Waals surface area contributed by atoms with Gasteiger partial charge in [-0.2, -0.15) is 0 Å². The van der Waals surface area contributed by atoms with Crippen LogP contribution in [0.1, 0.15) is 65.2 Å². The molecule has 1 aromatic carbocycles. The first kappa shape index (κ1) is 22.7. The quantitative estimate of drug-likeness (QED) is 0.543. The Labute approximate surface area is 190 Å². The summed E-state index contributed by atoms with van der Waals surface area (Å²) >= 11 is 6.49. The van der Waals surface area contributed by atoms with Crippen LogP contribution in [0.15, 0.2) is 12.1 Å². The Morgan fingerprint density at radius 2 is 1.94 bits per heavy atom. The van der Waals surface area contributed by atoms with Gasteiger partial charge in [0.2, 0.25) is 0 Å². The minimum absolute atomic E-state index is 0.0988. The van der Waals surface area contributed by atoms with Crippen molar-refractivity contribution in [1.29, 1.82) is 0 Å². The molecular weight excluding hydrogens is 417 g/mol. The summed E-state index contributed by atoms with van der Waals surface area (Å²) < 4.78 is 21.1. The van der Waals surface area contributed by atoms with Crippen LogP contribution in [0.3, 0.4) is 0 Å². The van der Waals surface area contributed by atoms with Crippen LogP contribution in [0.25, 0.3) is 0 Å². The molecule has 3 aliphatic rings. The molecule has 3 fully saturated rings. The first-order chi connectivity index (χ1) is 14.6. The monoisotopic (exact) mass is 451 g/mol. The zero-order chi connectivity index (χ0) is 22.3. The minimum Gasteiger partial charge on any atom is -0.491 e. The van der Waals surface area contributed by atoms with Crippen molar-refractivity contribution in [1.82, 2.24) is 0 Å². The van der Waals surface area contributed by atoms with Gasteiger partial charge in [-0.15, -0.1) is 0 Å². The van der Waals surface area contributed by atoms with E-state index in [-0.39, 0.29) is 11.5 Å². The molecule has 6 atom stereocenters. The van der Waals surface area contributed by atoms with E-state index in [0.29, 0.717) is 29.5 Å². The molecule has 0 aliphatic heterocycles. The maximum Gasteiger partial charge on any atom is 0.308 e. The lowest BCUT2D eigenvalue weighted by molar-refractivity contribution is -0.141. The minimum atomic E-state index is -0.819. The Morgan fingerprint density at radius 3 is 2.58 bits per heavy atom. The fraction of sp³-hybridized carbons (Fsp3) is 0.720. The lowest BCUT2D eigenvalue weighted by Gasteiger charge is -2.47. The molecule has 31 heavy (non-hydrogen) atoms. The van der Waals surface area contributed by atoms with E-state index in [4.69, 9.17) is 16.3 Å². The maximum absolute atomic E-state index is 15.0. The number of hydrogen-bond donors (Lipinski definition) is 1. The van der Waals surface area contributed by atoms with Gasteiger partial charge in [0.1, 0.15) is 11.6 Å². The maximum atomic E-state index is 15.0. The number of benzene rings is 1. The van der Waals surface area contributed by atoms with Crippen molar-refractivity contribution in [2.75, 3.05) is 18.6 Å². The number of ether oxygens (including phenoxy) is 1. The van der Waals surface area contributed by atoms with E-state index in [9.17, 15) is 9.90 Å². The summed E-state index contributed by atoms with van der Waals surface area (Å²) in [7, 11) is 1.75. The summed E-state index contributed by atoms with van der Waals surface area (Å²) in [6, 6.07) is 2.73. The van der Waals surface area contributed by atoms with Gasteiger partial charge in [0.05, 0.1) is 23.2 Å². The molecule has 0 radical (unpaired) electrons. The Balaban J connectivity index is 1.45. The number of rotatable bonds is 6. The molecule has 3 aliphatic carbocycles. The molecule has 0 saturated heterocycles.